The van der Waals surface area contributed by atoms with Gasteiger partial charge >= 0.3 is 0 Å². The molecule has 0 saturated carbocycles. The molecule has 5 nitrogen and oxygen atoms in total. The quantitative estimate of drug-likeness (QED) is 0.729. The fourth-order valence-electron chi connectivity index (χ4n) is 3.28. The summed E-state index contributed by atoms with van der Waals surface area (Å²) in [5.74, 6) is -2.23. The maximum Gasteiger partial charge on any atom is 0.261 e. The van der Waals surface area contributed by atoms with E-state index in [1.165, 1.54) is 29.6 Å². The highest BCUT2D eigenvalue weighted by Gasteiger charge is 2.18. The molecule has 1 aliphatic rings. The molecule has 1 amide bonds. The van der Waals surface area contributed by atoms with Crippen molar-refractivity contribution in [1.82, 2.24) is 5.32 Å². The highest BCUT2D eigenvalue weighted by atomic mass is 19.1. The second-order valence-electron chi connectivity index (χ2n) is 6.56. The molecular weight excluding hydrogens is 376 g/mol. The van der Waals surface area contributed by atoms with Gasteiger partial charge in [0.2, 0.25) is 0 Å². The van der Waals surface area contributed by atoms with Crippen molar-refractivity contribution < 1.29 is 18.3 Å². The van der Waals surface area contributed by atoms with E-state index in [0.29, 0.717) is 17.0 Å². The lowest BCUT2D eigenvalue weighted by Crippen LogP contribution is -2.25. The second kappa shape index (κ2) is 8.68. The van der Waals surface area contributed by atoms with Gasteiger partial charge in [-0.1, -0.05) is 12.6 Å². The van der Waals surface area contributed by atoms with Gasteiger partial charge in [-0.05, 0) is 54.7 Å². The average molecular weight is 397 g/mol. The molecule has 0 bridgehead atoms. The summed E-state index contributed by atoms with van der Waals surface area (Å²) in [6, 6.07) is 7.16. The largest absolute Gasteiger partial charge is 0.496 e. The van der Waals surface area contributed by atoms with Gasteiger partial charge in [-0.25, -0.2) is 8.78 Å². The second-order valence-corrected chi connectivity index (χ2v) is 6.56. The van der Waals surface area contributed by atoms with Gasteiger partial charge in [0.15, 0.2) is 0 Å². The van der Waals surface area contributed by atoms with E-state index in [9.17, 15) is 13.6 Å². The van der Waals surface area contributed by atoms with Gasteiger partial charge in [0.1, 0.15) is 22.9 Å². The summed E-state index contributed by atoms with van der Waals surface area (Å²) in [7, 11) is 1.57. The number of fused-ring (bicyclic) bond motifs is 1. The van der Waals surface area contributed by atoms with Gasteiger partial charge < -0.3 is 15.8 Å². The Morgan fingerprint density at radius 2 is 1.90 bits per heavy atom. The number of methoxy groups -OCH3 is 1. The minimum Gasteiger partial charge on any atom is -0.496 e. The van der Waals surface area contributed by atoms with Crippen LogP contribution in [0.15, 0.2) is 53.8 Å². The Bertz CT molecular complexity index is 1010. The number of allylic oxidation sites excluding steroid dienone is 1. The Balaban J connectivity index is 1.78. The third-order valence-corrected chi connectivity index (χ3v) is 4.67. The smallest absolute Gasteiger partial charge is 0.261 e. The Kier molecular flexibility index (Phi) is 6.07. The van der Waals surface area contributed by atoms with Crippen molar-refractivity contribution in [3.05, 3.63) is 82.7 Å². The van der Waals surface area contributed by atoms with Crippen LogP contribution in [0.25, 0.3) is 5.70 Å². The van der Waals surface area contributed by atoms with Crippen molar-refractivity contribution in [2.75, 3.05) is 7.11 Å². The molecule has 7 heteroatoms. The Morgan fingerprint density at radius 3 is 2.52 bits per heavy atom. The molecule has 0 spiro atoms. The van der Waals surface area contributed by atoms with Crippen LogP contribution in [0.1, 0.15) is 33.5 Å². The Hall–Kier alpha value is -3.48. The first kappa shape index (κ1) is 20.3. The number of aryl methyl sites for hydroxylation is 2. The number of nitrogens with zero attached hydrogens (tertiary/aromatic N) is 1. The minimum atomic E-state index is -0.961. The fourth-order valence-corrected chi connectivity index (χ4v) is 3.28. The summed E-state index contributed by atoms with van der Waals surface area (Å²) in [6.07, 6.45) is 5.66. The molecule has 0 saturated heterocycles. The Morgan fingerprint density at radius 1 is 1.24 bits per heavy atom. The number of rotatable bonds is 6. The van der Waals surface area contributed by atoms with Gasteiger partial charge in [0.05, 0.1) is 24.7 Å². The first-order valence-corrected chi connectivity index (χ1v) is 9.05. The van der Waals surface area contributed by atoms with Gasteiger partial charge in [0.25, 0.3) is 5.91 Å². The maximum atomic E-state index is 13.7. The molecule has 1 aliphatic carbocycles. The van der Waals surface area contributed by atoms with E-state index in [4.69, 9.17) is 10.5 Å². The minimum absolute atomic E-state index is 0.0529. The van der Waals surface area contributed by atoms with Crippen LogP contribution in [0.2, 0.25) is 0 Å². The number of carbonyl (C=O) groups is 1. The van der Waals surface area contributed by atoms with E-state index < -0.39 is 23.1 Å². The summed E-state index contributed by atoms with van der Waals surface area (Å²) in [5, 5.41) is 2.32. The predicted octanol–water partition coefficient (Wildman–Crippen LogP) is 3.73. The van der Waals surface area contributed by atoms with E-state index in [2.05, 4.69) is 16.9 Å². The van der Waals surface area contributed by atoms with Gasteiger partial charge in [-0.2, -0.15) is 0 Å². The maximum absolute atomic E-state index is 13.7. The molecule has 3 N–H and O–H groups in total. The number of ether oxygens (including phenoxy) is 1. The van der Waals surface area contributed by atoms with E-state index in [0.717, 1.165) is 31.4 Å². The van der Waals surface area contributed by atoms with Gasteiger partial charge in [-0.15, -0.1) is 0 Å². The van der Waals surface area contributed by atoms with Crippen molar-refractivity contribution >= 4 is 17.8 Å². The number of halogens is 2. The highest BCUT2D eigenvalue weighted by molar-refractivity contribution is 5.99. The highest BCUT2D eigenvalue weighted by Crippen LogP contribution is 2.34. The normalized spacial score (nSPS) is 13.4. The van der Waals surface area contributed by atoms with Crippen LogP contribution < -0.4 is 15.8 Å². The molecule has 0 atom stereocenters. The molecule has 29 heavy (non-hydrogen) atoms. The number of amides is 1. The monoisotopic (exact) mass is 397 g/mol. The zero-order chi connectivity index (χ0) is 21.0. The number of benzene rings is 2. The molecule has 0 aromatic heterocycles. The number of hydrogen-bond acceptors (Lipinski definition) is 4. The van der Waals surface area contributed by atoms with Crippen molar-refractivity contribution in [1.29, 1.82) is 0 Å². The molecule has 0 aliphatic heterocycles. The fraction of sp³-hybridized carbons (Fsp3) is 0.182. The topological polar surface area (TPSA) is 76.7 Å². The molecular formula is C22H21F2N3O2. The first-order chi connectivity index (χ1) is 13.9. The van der Waals surface area contributed by atoms with Crippen LogP contribution in [0.5, 0.6) is 5.75 Å². The predicted molar refractivity (Wildman–Crippen MR) is 109 cm³/mol. The van der Waals surface area contributed by atoms with Crippen LogP contribution in [0.4, 0.5) is 8.78 Å². The number of hydrogen-bond donors (Lipinski definition) is 2. The van der Waals surface area contributed by atoms with E-state index in [1.54, 1.807) is 7.11 Å². The average Bonchev–Trinajstić information content (AvgIpc) is 3.15. The van der Waals surface area contributed by atoms with Crippen molar-refractivity contribution in [2.45, 2.75) is 19.3 Å². The van der Waals surface area contributed by atoms with E-state index in [-0.39, 0.29) is 5.70 Å². The molecule has 2 aromatic carbocycles. The first-order valence-electron chi connectivity index (χ1n) is 9.05. The van der Waals surface area contributed by atoms with Crippen molar-refractivity contribution in [3.63, 3.8) is 0 Å². The summed E-state index contributed by atoms with van der Waals surface area (Å²) in [5.41, 5.74) is 8.71. The number of nitrogens with two attached hydrogens (primary N) is 1. The lowest BCUT2D eigenvalue weighted by atomic mass is 10.0. The molecule has 2 aromatic rings. The van der Waals surface area contributed by atoms with Gasteiger partial charge in [0, 0.05) is 11.8 Å². The standard InChI is InChI=1S/C22H21F2N3O2/c1-13(27-22(28)21-17(23)7-4-8-18(21)24)12-26-19(11-25)16-9-14-5-3-6-15(14)10-20(16)29-2/h4,7-12H,1,3,5-6,25H2,2H3,(H,27,28)/b19-11-,26-12-. The van der Waals surface area contributed by atoms with E-state index in [1.807, 2.05) is 12.1 Å². The van der Waals surface area contributed by atoms with Crippen molar-refractivity contribution in [3.8, 4) is 5.75 Å². The van der Waals surface area contributed by atoms with Crippen LogP contribution in [-0.4, -0.2) is 19.2 Å². The van der Waals surface area contributed by atoms with Crippen LogP contribution >= 0.6 is 0 Å². The molecule has 0 heterocycles. The zero-order valence-corrected chi connectivity index (χ0v) is 16.0. The molecule has 0 unspecified atom stereocenters. The van der Waals surface area contributed by atoms with Crippen LogP contribution in [0.3, 0.4) is 0 Å². The zero-order valence-electron chi connectivity index (χ0n) is 16.0. The molecule has 0 radical (unpaired) electrons. The molecule has 150 valence electrons. The molecule has 3 rings (SSSR count). The summed E-state index contributed by atoms with van der Waals surface area (Å²) < 4.78 is 32.9. The third-order valence-electron chi connectivity index (χ3n) is 4.67. The lowest BCUT2D eigenvalue weighted by Gasteiger charge is -2.12. The van der Waals surface area contributed by atoms with Crippen LogP contribution in [0, 0.1) is 11.6 Å². The van der Waals surface area contributed by atoms with Crippen molar-refractivity contribution in [2.24, 2.45) is 10.7 Å². The number of carbonyl (C=O) groups excluding carboxylic acids is 1. The Labute approximate surface area is 167 Å². The number of nitrogens with one attached hydrogen (secondary N) is 1. The summed E-state index contributed by atoms with van der Waals surface area (Å²) in [6.45, 7) is 3.65. The van der Waals surface area contributed by atoms with E-state index >= 15 is 0 Å². The van der Waals surface area contributed by atoms with Gasteiger partial charge in [-0.3, -0.25) is 9.79 Å². The lowest BCUT2D eigenvalue weighted by molar-refractivity contribution is 0.0960. The third kappa shape index (κ3) is 4.34. The van der Waals surface area contributed by atoms with Crippen LogP contribution in [-0.2, 0) is 12.8 Å². The SMILES string of the molecule is C=C(/C=N\C(=C/N)c1cc2c(cc1OC)CCC2)NC(=O)c1c(F)cccc1F. The summed E-state index contributed by atoms with van der Waals surface area (Å²) in [4.78, 5) is 16.4. The number of aliphatic imine (C=N–C) groups is 1. The molecule has 0 fully saturated rings. The summed E-state index contributed by atoms with van der Waals surface area (Å²) >= 11 is 0.